The molecule has 0 bridgehead atoms. The van der Waals surface area contributed by atoms with Gasteiger partial charge in [-0.2, -0.15) is 0 Å². The summed E-state index contributed by atoms with van der Waals surface area (Å²) < 4.78 is 12.6. The fourth-order valence-electron chi connectivity index (χ4n) is 1.54. The van der Waals surface area contributed by atoms with E-state index < -0.39 is 6.04 Å². The highest BCUT2D eigenvalue weighted by molar-refractivity contribution is 5.81. The van der Waals surface area contributed by atoms with Crippen molar-refractivity contribution in [3.8, 4) is 0 Å². The van der Waals surface area contributed by atoms with Gasteiger partial charge in [-0.15, -0.1) is 0 Å². The average Bonchev–Trinajstić information content (AvgIpc) is 2.27. The van der Waals surface area contributed by atoms with Gasteiger partial charge in [-0.05, 0) is 30.0 Å². The molecule has 1 aromatic rings. The molecule has 1 aromatic carbocycles. The van der Waals surface area contributed by atoms with E-state index in [0.717, 1.165) is 5.56 Å². The van der Waals surface area contributed by atoms with Crippen LogP contribution in [-0.4, -0.2) is 11.9 Å². The topological polar surface area (TPSA) is 55.1 Å². The summed E-state index contributed by atoms with van der Waals surface area (Å²) in [6, 6.07) is 5.55. The standard InChI is InChI=1S/C13H19FN2O/c1-9(2)7-12(15)13(17)16-8-10-3-5-11(14)6-4-10/h3-6,9,12H,7-8,15H2,1-2H3,(H,16,17). The molecule has 0 saturated carbocycles. The first kappa shape index (κ1) is 13.6. The van der Waals surface area contributed by atoms with Crippen molar-refractivity contribution in [1.82, 2.24) is 5.32 Å². The van der Waals surface area contributed by atoms with Crippen molar-refractivity contribution in [2.24, 2.45) is 11.7 Å². The lowest BCUT2D eigenvalue weighted by Crippen LogP contribution is -2.41. The fourth-order valence-corrected chi connectivity index (χ4v) is 1.54. The van der Waals surface area contributed by atoms with Gasteiger partial charge in [0.15, 0.2) is 0 Å². The van der Waals surface area contributed by atoms with Gasteiger partial charge in [-0.1, -0.05) is 26.0 Å². The Kier molecular flexibility index (Phi) is 5.10. The molecule has 0 fully saturated rings. The third kappa shape index (κ3) is 4.95. The van der Waals surface area contributed by atoms with Crippen LogP contribution < -0.4 is 11.1 Å². The van der Waals surface area contributed by atoms with Crippen molar-refractivity contribution >= 4 is 5.91 Å². The summed E-state index contributed by atoms with van der Waals surface area (Å²) in [5.41, 5.74) is 6.59. The Morgan fingerprint density at radius 3 is 2.47 bits per heavy atom. The smallest absolute Gasteiger partial charge is 0.237 e. The quantitative estimate of drug-likeness (QED) is 0.822. The summed E-state index contributed by atoms with van der Waals surface area (Å²) in [6.45, 7) is 4.42. The number of nitrogens with one attached hydrogen (secondary N) is 1. The number of amides is 1. The Hall–Kier alpha value is -1.42. The molecular weight excluding hydrogens is 219 g/mol. The number of rotatable bonds is 5. The largest absolute Gasteiger partial charge is 0.351 e. The van der Waals surface area contributed by atoms with Crippen LogP contribution in [0.2, 0.25) is 0 Å². The Morgan fingerprint density at radius 2 is 1.94 bits per heavy atom. The zero-order valence-corrected chi connectivity index (χ0v) is 10.2. The first-order valence-corrected chi connectivity index (χ1v) is 5.76. The predicted molar refractivity (Wildman–Crippen MR) is 65.7 cm³/mol. The van der Waals surface area contributed by atoms with Crippen LogP contribution in [0.15, 0.2) is 24.3 Å². The van der Waals surface area contributed by atoms with Gasteiger partial charge in [-0.3, -0.25) is 4.79 Å². The molecule has 94 valence electrons. The Bertz CT molecular complexity index is 362. The molecule has 1 atom stereocenters. The molecule has 0 radical (unpaired) electrons. The van der Waals surface area contributed by atoms with Gasteiger partial charge in [0.05, 0.1) is 6.04 Å². The van der Waals surface area contributed by atoms with Crippen molar-refractivity contribution in [2.75, 3.05) is 0 Å². The van der Waals surface area contributed by atoms with Crippen LogP contribution in [0.5, 0.6) is 0 Å². The second-order valence-electron chi connectivity index (χ2n) is 4.58. The Morgan fingerprint density at radius 1 is 1.35 bits per heavy atom. The molecule has 3 nitrogen and oxygen atoms in total. The summed E-state index contributed by atoms with van der Waals surface area (Å²) in [5, 5.41) is 2.74. The molecule has 0 aromatic heterocycles. The van der Waals surface area contributed by atoms with Crippen molar-refractivity contribution in [3.63, 3.8) is 0 Å². The molecule has 0 aliphatic carbocycles. The lowest BCUT2D eigenvalue weighted by atomic mass is 10.0. The zero-order valence-electron chi connectivity index (χ0n) is 10.2. The Labute approximate surface area is 101 Å². The van der Waals surface area contributed by atoms with Gasteiger partial charge in [0.25, 0.3) is 0 Å². The number of carbonyl (C=O) groups excluding carboxylic acids is 1. The lowest BCUT2D eigenvalue weighted by molar-refractivity contribution is -0.122. The second kappa shape index (κ2) is 6.35. The number of benzene rings is 1. The summed E-state index contributed by atoms with van der Waals surface area (Å²) in [4.78, 5) is 11.6. The minimum Gasteiger partial charge on any atom is -0.351 e. The van der Waals surface area contributed by atoms with E-state index in [1.807, 2.05) is 13.8 Å². The van der Waals surface area contributed by atoms with Crippen molar-refractivity contribution < 1.29 is 9.18 Å². The molecule has 1 unspecified atom stereocenters. The van der Waals surface area contributed by atoms with E-state index in [1.54, 1.807) is 12.1 Å². The van der Waals surface area contributed by atoms with E-state index in [-0.39, 0.29) is 11.7 Å². The maximum absolute atomic E-state index is 12.6. The number of halogens is 1. The van der Waals surface area contributed by atoms with Gasteiger partial charge >= 0.3 is 0 Å². The summed E-state index contributed by atoms with van der Waals surface area (Å²) in [7, 11) is 0. The molecule has 17 heavy (non-hydrogen) atoms. The fraction of sp³-hybridized carbons (Fsp3) is 0.462. The minimum atomic E-state index is -0.476. The van der Waals surface area contributed by atoms with E-state index in [1.165, 1.54) is 12.1 Å². The SMILES string of the molecule is CC(C)CC(N)C(=O)NCc1ccc(F)cc1. The van der Waals surface area contributed by atoms with Crippen molar-refractivity contribution in [1.29, 1.82) is 0 Å². The Balaban J connectivity index is 2.40. The molecule has 0 saturated heterocycles. The molecule has 4 heteroatoms. The van der Waals surface area contributed by atoms with E-state index in [4.69, 9.17) is 5.73 Å². The third-order valence-electron chi connectivity index (χ3n) is 2.44. The average molecular weight is 238 g/mol. The molecule has 1 amide bonds. The molecule has 1 rings (SSSR count). The molecular formula is C13H19FN2O. The maximum Gasteiger partial charge on any atom is 0.237 e. The van der Waals surface area contributed by atoms with Crippen LogP contribution in [0.4, 0.5) is 4.39 Å². The molecule has 3 N–H and O–H groups in total. The molecule has 0 aliphatic heterocycles. The van der Waals surface area contributed by atoms with Gasteiger partial charge in [0, 0.05) is 6.54 Å². The highest BCUT2D eigenvalue weighted by atomic mass is 19.1. The molecule has 0 spiro atoms. The van der Waals surface area contributed by atoms with Crippen molar-refractivity contribution in [2.45, 2.75) is 32.9 Å². The van der Waals surface area contributed by atoms with Crippen LogP contribution in [0.25, 0.3) is 0 Å². The lowest BCUT2D eigenvalue weighted by Gasteiger charge is -2.14. The van der Waals surface area contributed by atoms with Crippen LogP contribution in [0.3, 0.4) is 0 Å². The van der Waals surface area contributed by atoms with Crippen LogP contribution >= 0.6 is 0 Å². The van der Waals surface area contributed by atoms with E-state index in [0.29, 0.717) is 18.9 Å². The molecule has 0 heterocycles. The minimum absolute atomic E-state index is 0.164. The summed E-state index contributed by atoms with van der Waals surface area (Å²) in [6.07, 6.45) is 0.662. The molecule has 0 aliphatic rings. The van der Waals surface area contributed by atoms with Gasteiger partial charge < -0.3 is 11.1 Å². The monoisotopic (exact) mass is 238 g/mol. The third-order valence-corrected chi connectivity index (χ3v) is 2.44. The normalized spacial score (nSPS) is 12.5. The first-order chi connectivity index (χ1) is 7.99. The van der Waals surface area contributed by atoms with Gasteiger partial charge in [0.2, 0.25) is 5.91 Å². The van der Waals surface area contributed by atoms with Crippen LogP contribution in [0.1, 0.15) is 25.8 Å². The van der Waals surface area contributed by atoms with E-state index >= 15 is 0 Å². The van der Waals surface area contributed by atoms with E-state index in [9.17, 15) is 9.18 Å². The zero-order chi connectivity index (χ0) is 12.8. The number of hydrogen-bond acceptors (Lipinski definition) is 2. The number of nitrogens with two attached hydrogens (primary N) is 1. The highest BCUT2D eigenvalue weighted by Gasteiger charge is 2.14. The van der Waals surface area contributed by atoms with E-state index in [2.05, 4.69) is 5.32 Å². The van der Waals surface area contributed by atoms with Gasteiger partial charge in [-0.25, -0.2) is 4.39 Å². The summed E-state index contributed by atoms with van der Waals surface area (Å²) in [5.74, 6) is -0.0545. The van der Waals surface area contributed by atoms with Crippen LogP contribution in [-0.2, 0) is 11.3 Å². The first-order valence-electron chi connectivity index (χ1n) is 5.76. The second-order valence-corrected chi connectivity index (χ2v) is 4.58. The summed E-state index contributed by atoms with van der Waals surface area (Å²) >= 11 is 0. The van der Waals surface area contributed by atoms with Crippen molar-refractivity contribution in [3.05, 3.63) is 35.6 Å². The highest BCUT2D eigenvalue weighted by Crippen LogP contribution is 2.04. The van der Waals surface area contributed by atoms with Crippen LogP contribution in [0, 0.1) is 11.7 Å². The number of carbonyl (C=O) groups is 1. The predicted octanol–water partition coefficient (Wildman–Crippen LogP) is 1.82. The van der Waals surface area contributed by atoms with Gasteiger partial charge in [0.1, 0.15) is 5.82 Å². The maximum atomic E-state index is 12.6. The number of hydrogen-bond donors (Lipinski definition) is 2.